The van der Waals surface area contributed by atoms with Crippen LogP contribution in [0, 0.1) is 13.8 Å². The van der Waals surface area contributed by atoms with E-state index >= 15 is 0 Å². The van der Waals surface area contributed by atoms with E-state index in [1.165, 1.54) is 0 Å². The van der Waals surface area contributed by atoms with Crippen molar-refractivity contribution in [2.24, 2.45) is 0 Å². The number of hydrogen-bond acceptors (Lipinski definition) is 6. The maximum Gasteiger partial charge on any atom is 0.226 e. The molecule has 2 aromatic heterocycles. The average molecular weight is 268 g/mol. The number of halogens is 1. The highest BCUT2D eigenvalue weighted by Gasteiger charge is 2.11. The Morgan fingerprint density at radius 2 is 1.83 bits per heavy atom. The van der Waals surface area contributed by atoms with Crippen LogP contribution in [0.1, 0.15) is 18.3 Å². The SMILES string of the molecule is Cc1nc2nc(Cl)nc(NCC(C)O)c2nc1C. The van der Waals surface area contributed by atoms with Crippen molar-refractivity contribution in [1.82, 2.24) is 19.9 Å². The highest BCUT2D eigenvalue weighted by Crippen LogP contribution is 2.20. The topological polar surface area (TPSA) is 83.8 Å². The largest absolute Gasteiger partial charge is 0.392 e. The Hall–Kier alpha value is -1.53. The standard InChI is InChI=1S/C11H14ClN5O/c1-5(18)4-13-9-8-10(17-11(12)16-9)15-7(3)6(2)14-8/h5,18H,4H2,1-3H3,(H,13,15,16,17). The molecule has 2 rings (SSSR count). The van der Waals surface area contributed by atoms with Crippen LogP contribution in [-0.2, 0) is 0 Å². The first-order valence-corrected chi connectivity index (χ1v) is 5.95. The Labute approximate surface area is 109 Å². The molecule has 2 N–H and O–H groups in total. The summed E-state index contributed by atoms with van der Waals surface area (Å²) in [5.41, 5.74) is 2.63. The molecule has 2 aromatic rings. The fraction of sp³-hybridized carbons (Fsp3) is 0.455. The number of nitrogens with one attached hydrogen (secondary N) is 1. The van der Waals surface area contributed by atoms with Crippen molar-refractivity contribution in [3.8, 4) is 0 Å². The number of aliphatic hydroxyl groups excluding tert-OH is 1. The maximum atomic E-state index is 9.28. The molecule has 7 heteroatoms. The maximum absolute atomic E-state index is 9.28. The van der Waals surface area contributed by atoms with Gasteiger partial charge in [-0.2, -0.15) is 9.97 Å². The zero-order chi connectivity index (χ0) is 13.3. The van der Waals surface area contributed by atoms with E-state index in [-0.39, 0.29) is 5.28 Å². The predicted molar refractivity (Wildman–Crippen MR) is 69.8 cm³/mol. The van der Waals surface area contributed by atoms with Crippen LogP contribution in [0.5, 0.6) is 0 Å². The third-order valence-electron chi connectivity index (χ3n) is 2.48. The molecule has 0 fully saturated rings. The van der Waals surface area contributed by atoms with Crippen molar-refractivity contribution >= 4 is 28.6 Å². The second-order valence-corrected chi connectivity index (χ2v) is 4.48. The third kappa shape index (κ3) is 2.65. The van der Waals surface area contributed by atoms with Crippen LogP contribution >= 0.6 is 11.6 Å². The van der Waals surface area contributed by atoms with E-state index in [2.05, 4.69) is 25.3 Å². The predicted octanol–water partition coefficient (Wildman–Crippen LogP) is 1.48. The number of aromatic nitrogens is 4. The molecule has 2 heterocycles. The molecule has 0 aliphatic rings. The number of fused-ring (bicyclic) bond motifs is 1. The zero-order valence-electron chi connectivity index (χ0n) is 10.4. The van der Waals surface area contributed by atoms with Crippen molar-refractivity contribution in [1.29, 1.82) is 0 Å². The number of aliphatic hydroxyl groups is 1. The van der Waals surface area contributed by atoms with Gasteiger partial charge in [-0.25, -0.2) is 9.97 Å². The van der Waals surface area contributed by atoms with E-state index in [0.717, 1.165) is 11.4 Å². The first kappa shape index (κ1) is 12.9. The summed E-state index contributed by atoms with van der Waals surface area (Å²) < 4.78 is 0. The van der Waals surface area contributed by atoms with Gasteiger partial charge in [0, 0.05) is 6.54 Å². The Morgan fingerprint density at radius 1 is 1.17 bits per heavy atom. The summed E-state index contributed by atoms with van der Waals surface area (Å²) >= 11 is 5.84. The first-order chi connectivity index (χ1) is 8.47. The van der Waals surface area contributed by atoms with E-state index in [1.54, 1.807) is 6.92 Å². The van der Waals surface area contributed by atoms with Crippen molar-refractivity contribution in [3.05, 3.63) is 16.7 Å². The average Bonchev–Trinajstić information content (AvgIpc) is 2.28. The van der Waals surface area contributed by atoms with Crippen molar-refractivity contribution in [2.75, 3.05) is 11.9 Å². The van der Waals surface area contributed by atoms with Gasteiger partial charge in [0.05, 0.1) is 17.5 Å². The van der Waals surface area contributed by atoms with Gasteiger partial charge in [-0.3, -0.25) is 0 Å². The molecule has 1 unspecified atom stereocenters. The minimum atomic E-state index is -0.492. The Kier molecular flexibility index (Phi) is 3.58. The Bertz CT molecular complexity index is 587. The van der Waals surface area contributed by atoms with Gasteiger partial charge in [0.25, 0.3) is 0 Å². The highest BCUT2D eigenvalue weighted by atomic mass is 35.5. The minimum Gasteiger partial charge on any atom is -0.392 e. The molecule has 0 amide bonds. The molecule has 0 aliphatic carbocycles. The van der Waals surface area contributed by atoms with E-state index < -0.39 is 6.10 Å². The third-order valence-corrected chi connectivity index (χ3v) is 2.65. The fourth-order valence-electron chi connectivity index (χ4n) is 1.45. The normalized spacial score (nSPS) is 12.7. The quantitative estimate of drug-likeness (QED) is 0.820. The molecule has 0 saturated heterocycles. The lowest BCUT2D eigenvalue weighted by molar-refractivity contribution is 0.208. The summed E-state index contributed by atoms with van der Waals surface area (Å²) in [4.78, 5) is 16.8. The summed E-state index contributed by atoms with van der Waals surface area (Å²) in [6.07, 6.45) is -0.492. The molecule has 0 spiro atoms. The summed E-state index contributed by atoms with van der Waals surface area (Å²) in [6, 6.07) is 0. The van der Waals surface area contributed by atoms with Crippen molar-refractivity contribution in [2.45, 2.75) is 26.9 Å². The van der Waals surface area contributed by atoms with Crippen LogP contribution in [-0.4, -0.2) is 37.7 Å². The smallest absolute Gasteiger partial charge is 0.226 e. The van der Waals surface area contributed by atoms with Gasteiger partial charge in [0.2, 0.25) is 5.28 Å². The molecule has 0 aromatic carbocycles. The lowest BCUT2D eigenvalue weighted by Gasteiger charge is -2.10. The summed E-state index contributed by atoms with van der Waals surface area (Å²) in [7, 11) is 0. The molecule has 1 atom stereocenters. The molecule has 6 nitrogen and oxygen atoms in total. The van der Waals surface area contributed by atoms with Gasteiger partial charge in [0.1, 0.15) is 0 Å². The van der Waals surface area contributed by atoms with E-state index in [0.29, 0.717) is 23.5 Å². The number of rotatable bonds is 3. The molecular formula is C11H14ClN5O. The molecule has 0 radical (unpaired) electrons. The molecular weight excluding hydrogens is 254 g/mol. The fourth-order valence-corrected chi connectivity index (χ4v) is 1.62. The number of hydrogen-bond donors (Lipinski definition) is 2. The number of anilines is 1. The van der Waals surface area contributed by atoms with Gasteiger partial charge in [-0.05, 0) is 32.4 Å². The van der Waals surface area contributed by atoms with Gasteiger partial charge in [-0.1, -0.05) is 0 Å². The van der Waals surface area contributed by atoms with E-state index in [4.69, 9.17) is 11.6 Å². The van der Waals surface area contributed by atoms with Gasteiger partial charge >= 0.3 is 0 Å². The number of aryl methyl sites for hydroxylation is 2. The molecule has 96 valence electrons. The monoisotopic (exact) mass is 267 g/mol. The lowest BCUT2D eigenvalue weighted by atomic mass is 10.3. The van der Waals surface area contributed by atoms with Crippen LogP contribution in [0.3, 0.4) is 0 Å². The van der Waals surface area contributed by atoms with Crippen LogP contribution in [0.4, 0.5) is 5.82 Å². The summed E-state index contributed by atoms with van der Waals surface area (Å²) in [6.45, 7) is 5.77. The summed E-state index contributed by atoms with van der Waals surface area (Å²) in [5.74, 6) is 0.488. The minimum absolute atomic E-state index is 0.105. The van der Waals surface area contributed by atoms with Crippen LogP contribution in [0.25, 0.3) is 11.2 Å². The summed E-state index contributed by atoms with van der Waals surface area (Å²) in [5, 5.41) is 12.4. The molecule has 0 saturated carbocycles. The van der Waals surface area contributed by atoms with Crippen LogP contribution in [0.2, 0.25) is 5.28 Å². The lowest BCUT2D eigenvalue weighted by Crippen LogP contribution is -2.17. The molecule has 0 aliphatic heterocycles. The highest BCUT2D eigenvalue weighted by molar-refractivity contribution is 6.28. The van der Waals surface area contributed by atoms with Gasteiger partial charge in [-0.15, -0.1) is 0 Å². The second-order valence-electron chi connectivity index (χ2n) is 4.14. The van der Waals surface area contributed by atoms with Crippen molar-refractivity contribution < 1.29 is 5.11 Å². The Morgan fingerprint density at radius 3 is 2.50 bits per heavy atom. The van der Waals surface area contributed by atoms with E-state index in [9.17, 15) is 5.11 Å². The van der Waals surface area contributed by atoms with Gasteiger partial charge < -0.3 is 10.4 Å². The molecule has 0 bridgehead atoms. The zero-order valence-corrected chi connectivity index (χ0v) is 11.2. The van der Waals surface area contributed by atoms with Crippen LogP contribution < -0.4 is 5.32 Å². The molecule has 18 heavy (non-hydrogen) atoms. The van der Waals surface area contributed by atoms with Gasteiger partial charge in [0.15, 0.2) is 17.0 Å². The second kappa shape index (κ2) is 4.99. The van der Waals surface area contributed by atoms with Crippen molar-refractivity contribution in [3.63, 3.8) is 0 Å². The van der Waals surface area contributed by atoms with Crippen LogP contribution in [0.15, 0.2) is 0 Å². The van der Waals surface area contributed by atoms with E-state index in [1.807, 2.05) is 13.8 Å². The Balaban J connectivity index is 2.53. The first-order valence-electron chi connectivity index (χ1n) is 5.58. The number of nitrogens with zero attached hydrogens (tertiary/aromatic N) is 4.